The van der Waals surface area contributed by atoms with Gasteiger partial charge >= 0.3 is 6.09 Å². The van der Waals surface area contributed by atoms with E-state index in [4.69, 9.17) is 4.74 Å². The van der Waals surface area contributed by atoms with Crippen LogP contribution in [0.3, 0.4) is 0 Å². The Morgan fingerprint density at radius 3 is 2.70 bits per heavy atom. The Hall–Kier alpha value is -1.69. The van der Waals surface area contributed by atoms with Crippen molar-refractivity contribution in [2.75, 3.05) is 13.1 Å². The Morgan fingerprint density at radius 1 is 1.40 bits per heavy atom. The van der Waals surface area contributed by atoms with Crippen LogP contribution < -0.4 is 10.6 Å². The van der Waals surface area contributed by atoms with Crippen LogP contribution in [-0.2, 0) is 4.74 Å². The fraction of sp³-hybridized carbons (Fsp3) is 0.571. The quantitative estimate of drug-likeness (QED) is 0.815. The molecular weight excluding hydrogens is 261 g/mol. The number of carbonyl (C=O) groups is 1. The van der Waals surface area contributed by atoms with Crippen LogP contribution in [0.2, 0.25) is 0 Å². The minimum absolute atomic E-state index is 0.0429. The van der Waals surface area contributed by atoms with Crippen molar-refractivity contribution in [2.24, 2.45) is 0 Å². The fourth-order valence-electron chi connectivity index (χ4n) is 1.55. The predicted octanol–water partition coefficient (Wildman–Crippen LogP) is 2.40. The number of alkyl carbamates (subject to hydrolysis) is 1. The number of pyridine rings is 1. The van der Waals surface area contributed by atoms with Gasteiger partial charge < -0.3 is 15.4 Å². The highest BCUT2D eigenvalue weighted by atomic mass is 19.1. The van der Waals surface area contributed by atoms with Gasteiger partial charge in [-0.25, -0.2) is 9.18 Å². The van der Waals surface area contributed by atoms with Gasteiger partial charge in [-0.05, 0) is 39.3 Å². The van der Waals surface area contributed by atoms with E-state index in [1.54, 1.807) is 6.20 Å². The second kappa shape index (κ2) is 7.19. The maximum absolute atomic E-state index is 13.0. The van der Waals surface area contributed by atoms with Crippen LogP contribution in [0.4, 0.5) is 9.18 Å². The number of carbonyl (C=O) groups excluding carboxylic acids is 1. The Bertz CT molecular complexity index is 446. The molecule has 1 unspecified atom stereocenters. The first-order chi connectivity index (χ1) is 9.28. The number of hydrogen-bond acceptors (Lipinski definition) is 4. The minimum Gasteiger partial charge on any atom is -0.444 e. The molecule has 20 heavy (non-hydrogen) atoms. The molecule has 5 nitrogen and oxygen atoms in total. The molecule has 0 aromatic carbocycles. The molecule has 0 aliphatic rings. The highest BCUT2D eigenvalue weighted by molar-refractivity contribution is 5.67. The number of rotatable bonds is 5. The average molecular weight is 283 g/mol. The Kier molecular flexibility index (Phi) is 5.88. The van der Waals surface area contributed by atoms with Crippen molar-refractivity contribution in [3.8, 4) is 0 Å². The first-order valence-corrected chi connectivity index (χ1v) is 6.58. The molecule has 0 fully saturated rings. The second-order valence-corrected chi connectivity index (χ2v) is 5.54. The van der Waals surface area contributed by atoms with Crippen LogP contribution in [0.25, 0.3) is 0 Å². The normalized spacial score (nSPS) is 12.8. The van der Waals surface area contributed by atoms with Gasteiger partial charge in [0.15, 0.2) is 0 Å². The van der Waals surface area contributed by atoms with Crippen LogP contribution in [0.1, 0.15) is 39.3 Å². The largest absolute Gasteiger partial charge is 0.444 e. The number of aromatic nitrogens is 1. The van der Waals surface area contributed by atoms with Gasteiger partial charge in [-0.3, -0.25) is 4.98 Å². The maximum Gasteiger partial charge on any atom is 0.407 e. The molecule has 1 heterocycles. The molecular formula is C14H22FN3O2. The summed E-state index contributed by atoms with van der Waals surface area (Å²) in [5.41, 5.74) is 0.264. The number of hydrogen-bond donors (Lipinski definition) is 2. The van der Waals surface area contributed by atoms with Gasteiger partial charge in [0.1, 0.15) is 11.4 Å². The van der Waals surface area contributed by atoms with Crippen LogP contribution in [0, 0.1) is 5.82 Å². The predicted molar refractivity (Wildman–Crippen MR) is 74.8 cm³/mol. The summed E-state index contributed by atoms with van der Waals surface area (Å²) in [4.78, 5) is 15.2. The summed E-state index contributed by atoms with van der Waals surface area (Å²) in [5.74, 6) is -0.358. The molecule has 0 saturated heterocycles. The molecule has 6 heteroatoms. The smallest absolute Gasteiger partial charge is 0.407 e. The lowest BCUT2D eigenvalue weighted by Crippen LogP contribution is -2.36. The van der Waals surface area contributed by atoms with Gasteiger partial charge in [-0.2, -0.15) is 0 Å². The van der Waals surface area contributed by atoms with Crippen molar-refractivity contribution in [1.29, 1.82) is 0 Å². The summed E-state index contributed by atoms with van der Waals surface area (Å²) in [6, 6.07) is 1.39. The van der Waals surface area contributed by atoms with E-state index >= 15 is 0 Å². The van der Waals surface area contributed by atoms with E-state index in [0.29, 0.717) is 13.1 Å². The summed E-state index contributed by atoms with van der Waals surface area (Å²) in [6.45, 7) is 8.32. The zero-order valence-electron chi connectivity index (χ0n) is 12.4. The lowest BCUT2D eigenvalue weighted by molar-refractivity contribution is 0.0528. The molecule has 0 saturated carbocycles. The first kappa shape index (κ1) is 16.4. The molecule has 1 aromatic rings. The van der Waals surface area contributed by atoms with Gasteiger partial charge in [0.2, 0.25) is 0 Å². The zero-order chi connectivity index (χ0) is 15.2. The van der Waals surface area contributed by atoms with E-state index < -0.39 is 11.7 Å². The first-order valence-electron chi connectivity index (χ1n) is 6.58. The fourth-order valence-corrected chi connectivity index (χ4v) is 1.55. The van der Waals surface area contributed by atoms with E-state index in [0.717, 1.165) is 5.56 Å². The van der Waals surface area contributed by atoms with Crippen molar-refractivity contribution < 1.29 is 13.9 Å². The van der Waals surface area contributed by atoms with E-state index in [-0.39, 0.29) is 11.9 Å². The van der Waals surface area contributed by atoms with Crippen molar-refractivity contribution in [3.63, 3.8) is 0 Å². The van der Waals surface area contributed by atoms with Gasteiger partial charge in [-0.1, -0.05) is 0 Å². The molecule has 2 N–H and O–H groups in total. The molecule has 1 amide bonds. The van der Waals surface area contributed by atoms with E-state index in [9.17, 15) is 9.18 Å². The van der Waals surface area contributed by atoms with Crippen molar-refractivity contribution in [1.82, 2.24) is 15.6 Å². The van der Waals surface area contributed by atoms with Crippen molar-refractivity contribution in [3.05, 3.63) is 29.8 Å². The van der Waals surface area contributed by atoms with Crippen molar-refractivity contribution in [2.45, 2.75) is 39.3 Å². The number of halogens is 1. The van der Waals surface area contributed by atoms with Crippen LogP contribution in [0.15, 0.2) is 18.5 Å². The van der Waals surface area contributed by atoms with Crippen LogP contribution in [0.5, 0.6) is 0 Å². The average Bonchev–Trinajstić information content (AvgIpc) is 2.32. The molecule has 112 valence electrons. The van der Waals surface area contributed by atoms with Crippen molar-refractivity contribution >= 4 is 6.09 Å². The third-order valence-electron chi connectivity index (χ3n) is 2.47. The maximum atomic E-state index is 13.0. The number of ether oxygens (including phenoxy) is 1. The van der Waals surface area contributed by atoms with Gasteiger partial charge in [0.25, 0.3) is 0 Å². The van der Waals surface area contributed by atoms with E-state index in [1.165, 1.54) is 12.3 Å². The lowest BCUT2D eigenvalue weighted by atomic mass is 10.1. The summed E-state index contributed by atoms with van der Waals surface area (Å²) >= 11 is 0. The molecule has 1 rings (SSSR count). The van der Waals surface area contributed by atoms with Gasteiger partial charge in [0.05, 0.1) is 6.20 Å². The lowest BCUT2D eigenvalue weighted by Gasteiger charge is -2.20. The van der Waals surface area contributed by atoms with E-state index in [2.05, 4.69) is 15.6 Å². The second-order valence-electron chi connectivity index (χ2n) is 5.54. The summed E-state index contributed by atoms with van der Waals surface area (Å²) in [7, 11) is 0. The molecule has 0 spiro atoms. The summed E-state index contributed by atoms with van der Waals surface area (Å²) < 4.78 is 18.1. The third-order valence-corrected chi connectivity index (χ3v) is 2.47. The summed E-state index contributed by atoms with van der Waals surface area (Å²) in [6.07, 6.45) is 2.34. The molecule has 0 radical (unpaired) electrons. The highest BCUT2D eigenvalue weighted by Gasteiger charge is 2.15. The van der Waals surface area contributed by atoms with Gasteiger partial charge in [0, 0.05) is 25.3 Å². The standard InChI is InChI=1S/C14H22FN3O2/c1-10(11-7-12(15)9-16-8-11)17-5-6-18-13(19)20-14(2,3)4/h7-10,17H,5-6H2,1-4H3,(H,18,19). The Morgan fingerprint density at radius 2 is 2.10 bits per heavy atom. The molecule has 0 aliphatic carbocycles. The third kappa shape index (κ3) is 6.47. The monoisotopic (exact) mass is 283 g/mol. The SMILES string of the molecule is CC(NCCNC(=O)OC(C)(C)C)c1cncc(F)c1. The highest BCUT2D eigenvalue weighted by Crippen LogP contribution is 2.11. The minimum atomic E-state index is -0.502. The van der Waals surface area contributed by atoms with Crippen LogP contribution >= 0.6 is 0 Å². The molecule has 0 aliphatic heterocycles. The molecule has 0 bridgehead atoms. The number of nitrogens with zero attached hydrogens (tertiary/aromatic N) is 1. The Balaban J connectivity index is 2.26. The topological polar surface area (TPSA) is 63.2 Å². The zero-order valence-corrected chi connectivity index (χ0v) is 12.4. The summed E-state index contributed by atoms with van der Waals surface area (Å²) in [5, 5.41) is 5.81. The Labute approximate surface area is 118 Å². The molecule has 1 atom stereocenters. The molecule has 1 aromatic heterocycles. The van der Waals surface area contributed by atoms with E-state index in [1.807, 2.05) is 27.7 Å². The van der Waals surface area contributed by atoms with Gasteiger partial charge in [-0.15, -0.1) is 0 Å². The number of amides is 1. The van der Waals surface area contributed by atoms with Crippen LogP contribution in [-0.4, -0.2) is 29.8 Å². The number of nitrogens with one attached hydrogen (secondary N) is 2.